The van der Waals surface area contributed by atoms with Gasteiger partial charge in [-0.05, 0) is 43.0 Å². The Hall–Kier alpha value is -3.44. The van der Waals surface area contributed by atoms with Crippen molar-refractivity contribution in [1.29, 1.82) is 0 Å². The second-order valence-electron chi connectivity index (χ2n) is 10.1. The number of halogens is 3. The van der Waals surface area contributed by atoms with Crippen LogP contribution in [0.2, 0.25) is 0 Å². The van der Waals surface area contributed by atoms with Crippen LogP contribution < -0.4 is 10.1 Å². The lowest BCUT2D eigenvalue weighted by Gasteiger charge is -2.39. The molecule has 3 heterocycles. The van der Waals surface area contributed by atoms with Gasteiger partial charge in [-0.1, -0.05) is 18.2 Å². The summed E-state index contributed by atoms with van der Waals surface area (Å²) in [6.45, 7) is 1.62. The van der Waals surface area contributed by atoms with Gasteiger partial charge in [0, 0.05) is 42.7 Å². The quantitative estimate of drug-likeness (QED) is 0.576. The number of benzene rings is 2. The van der Waals surface area contributed by atoms with Crippen LogP contribution in [0.15, 0.2) is 36.4 Å². The molecule has 2 saturated heterocycles. The fourth-order valence-electron chi connectivity index (χ4n) is 5.62. The zero-order valence-electron chi connectivity index (χ0n) is 20.8. The molecule has 0 radical (unpaired) electrons. The highest BCUT2D eigenvalue weighted by atomic mass is 19.4. The first-order chi connectivity index (χ1) is 18.0. The molecular weight excluding hydrogens is 503 g/mol. The monoisotopic (exact) mass is 531 g/mol. The second kappa shape index (κ2) is 9.70. The summed E-state index contributed by atoms with van der Waals surface area (Å²) in [4.78, 5) is 40.6. The Kier molecular flexibility index (Phi) is 6.68. The van der Waals surface area contributed by atoms with E-state index in [0.717, 1.165) is 17.7 Å². The number of hydrogen-bond donors (Lipinski definition) is 2. The van der Waals surface area contributed by atoms with Crippen molar-refractivity contribution in [3.8, 4) is 5.75 Å². The Morgan fingerprint density at radius 3 is 2.37 bits per heavy atom. The third-order valence-corrected chi connectivity index (χ3v) is 7.74. The Bertz CT molecular complexity index is 1270. The molecule has 3 aliphatic rings. The first kappa shape index (κ1) is 26.2. The first-order valence-electron chi connectivity index (χ1n) is 12.5. The molecule has 11 heteroatoms. The average molecular weight is 532 g/mol. The van der Waals surface area contributed by atoms with E-state index >= 15 is 0 Å². The van der Waals surface area contributed by atoms with Crippen LogP contribution >= 0.6 is 0 Å². The fourth-order valence-corrected chi connectivity index (χ4v) is 5.62. The number of rotatable bonds is 5. The minimum Gasteiger partial charge on any atom is -0.496 e. The number of fused-ring (bicyclic) bond motifs is 1. The van der Waals surface area contributed by atoms with Gasteiger partial charge >= 0.3 is 6.18 Å². The first-order valence-corrected chi connectivity index (χ1v) is 12.5. The summed E-state index contributed by atoms with van der Waals surface area (Å²) in [7, 11) is 1.47. The van der Waals surface area contributed by atoms with Crippen LogP contribution in [0, 0.1) is 0 Å². The molecule has 2 aromatic rings. The number of ether oxygens (including phenoxy) is 1. The fraction of sp³-hybridized carbons (Fsp3) is 0.444. The number of amides is 3. The van der Waals surface area contributed by atoms with Crippen molar-refractivity contribution in [3.63, 3.8) is 0 Å². The largest absolute Gasteiger partial charge is 0.496 e. The summed E-state index contributed by atoms with van der Waals surface area (Å²) >= 11 is 0. The van der Waals surface area contributed by atoms with Crippen molar-refractivity contribution < 1.29 is 37.4 Å². The molecule has 1 unspecified atom stereocenters. The van der Waals surface area contributed by atoms with Crippen LogP contribution in [0.25, 0.3) is 0 Å². The Labute approximate surface area is 217 Å². The maximum Gasteiger partial charge on any atom is 0.416 e. The number of hydrogen-bond acceptors (Lipinski definition) is 6. The number of alkyl halides is 3. The molecule has 3 aliphatic heterocycles. The van der Waals surface area contributed by atoms with Gasteiger partial charge in [0.15, 0.2) is 0 Å². The topological polar surface area (TPSA) is 99.2 Å². The van der Waals surface area contributed by atoms with Gasteiger partial charge in [-0.2, -0.15) is 13.2 Å². The van der Waals surface area contributed by atoms with E-state index in [2.05, 4.69) is 10.2 Å². The molecular formula is C27H28F3N3O5. The van der Waals surface area contributed by atoms with Crippen molar-refractivity contribution in [2.24, 2.45) is 0 Å². The van der Waals surface area contributed by atoms with E-state index in [9.17, 15) is 32.7 Å². The maximum absolute atomic E-state index is 13.1. The number of likely N-dealkylation sites (tertiary alicyclic amines) is 1. The molecule has 2 N–H and O–H groups in total. The Morgan fingerprint density at radius 1 is 1.08 bits per heavy atom. The minimum absolute atomic E-state index is 0.133. The van der Waals surface area contributed by atoms with E-state index in [1.807, 2.05) is 0 Å². The molecule has 5 rings (SSSR count). The zero-order chi connectivity index (χ0) is 27.2. The van der Waals surface area contributed by atoms with Crippen LogP contribution in [0.1, 0.15) is 58.3 Å². The summed E-state index contributed by atoms with van der Waals surface area (Å²) < 4.78 is 44.2. The number of carbonyl (C=O) groups is 3. The average Bonchev–Trinajstić information content (AvgIpc) is 3.21. The van der Waals surface area contributed by atoms with Crippen LogP contribution in [-0.2, 0) is 34.5 Å². The number of carbonyl (C=O) groups excluding carboxylic acids is 3. The summed E-state index contributed by atoms with van der Waals surface area (Å²) in [6.07, 6.45) is -3.24. The standard InChI is InChI=1S/C27H28F3N3O5/c1-38-23-19-15-33(21-8-9-22(34)31-24(21)35)25(36)18(19)6-7-20(23)26(37)10-12-32(13-11-26)14-16-2-4-17(5-3-16)27(28,29)30/h2-7,21,37H,8-15H2,1H3,(H,31,34,35). The van der Waals surface area contributed by atoms with Gasteiger partial charge in [0.2, 0.25) is 11.8 Å². The molecule has 38 heavy (non-hydrogen) atoms. The lowest BCUT2D eigenvalue weighted by molar-refractivity contribution is -0.138. The van der Waals surface area contributed by atoms with Gasteiger partial charge in [-0.25, -0.2) is 0 Å². The molecule has 2 fully saturated rings. The lowest BCUT2D eigenvalue weighted by atomic mass is 9.82. The number of imide groups is 1. The molecule has 2 aromatic carbocycles. The molecule has 0 saturated carbocycles. The normalized spacial score (nSPS) is 21.9. The van der Waals surface area contributed by atoms with Crippen molar-refractivity contribution in [3.05, 3.63) is 64.2 Å². The lowest BCUT2D eigenvalue weighted by Crippen LogP contribution is -2.52. The highest BCUT2D eigenvalue weighted by Crippen LogP contribution is 2.44. The van der Waals surface area contributed by atoms with Gasteiger partial charge in [0.05, 0.1) is 24.8 Å². The molecule has 202 valence electrons. The predicted octanol–water partition coefficient (Wildman–Crippen LogP) is 2.96. The van der Waals surface area contributed by atoms with Crippen molar-refractivity contribution in [1.82, 2.24) is 15.1 Å². The van der Waals surface area contributed by atoms with E-state index in [1.165, 1.54) is 24.1 Å². The van der Waals surface area contributed by atoms with Gasteiger partial charge < -0.3 is 14.7 Å². The predicted molar refractivity (Wildman–Crippen MR) is 129 cm³/mol. The maximum atomic E-state index is 13.1. The highest BCUT2D eigenvalue weighted by molar-refractivity contribution is 6.05. The van der Waals surface area contributed by atoms with Crippen molar-refractivity contribution in [2.45, 2.75) is 56.6 Å². The highest BCUT2D eigenvalue weighted by Gasteiger charge is 2.43. The summed E-state index contributed by atoms with van der Waals surface area (Å²) in [5.74, 6) is -0.773. The zero-order valence-corrected chi connectivity index (χ0v) is 20.8. The van der Waals surface area contributed by atoms with Crippen LogP contribution in [-0.4, -0.2) is 58.9 Å². The van der Waals surface area contributed by atoms with Crippen molar-refractivity contribution in [2.75, 3.05) is 20.2 Å². The Balaban J connectivity index is 1.30. The molecule has 0 bridgehead atoms. The molecule has 0 aromatic heterocycles. The molecule has 3 amide bonds. The minimum atomic E-state index is -4.38. The van der Waals surface area contributed by atoms with Crippen LogP contribution in [0.5, 0.6) is 5.75 Å². The number of piperidine rings is 2. The van der Waals surface area contributed by atoms with Gasteiger partial charge in [0.25, 0.3) is 5.91 Å². The third kappa shape index (κ3) is 4.76. The van der Waals surface area contributed by atoms with Crippen molar-refractivity contribution >= 4 is 17.7 Å². The van der Waals surface area contributed by atoms with E-state index in [-0.39, 0.29) is 31.2 Å². The second-order valence-corrected chi connectivity index (χ2v) is 10.1. The van der Waals surface area contributed by atoms with Gasteiger partial charge in [0.1, 0.15) is 11.8 Å². The number of aliphatic hydroxyl groups is 1. The number of nitrogens with one attached hydrogen (secondary N) is 1. The number of nitrogens with zero attached hydrogens (tertiary/aromatic N) is 2. The summed E-state index contributed by atoms with van der Waals surface area (Å²) in [5.41, 5.74) is 0.408. The van der Waals surface area contributed by atoms with E-state index in [1.54, 1.807) is 12.1 Å². The van der Waals surface area contributed by atoms with E-state index in [4.69, 9.17) is 4.74 Å². The van der Waals surface area contributed by atoms with Gasteiger partial charge in [-0.15, -0.1) is 0 Å². The number of methoxy groups -OCH3 is 1. The molecule has 0 spiro atoms. The SMILES string of the molecule is COc1c(C2(O)CCN(Cc3ccc(C(F)(F)F)cc3)CC2)ccc2c1CN(C1CCC(=O)NC1=O)C2=O. The molecule has 0 aliphatic carbocycles. The Morgan fingerprint density at radius 2 is 1.76 bits per heavy atom. The summed E-state index contributed by atoms with van der Waals surface area (Å²) in [6, 6.07) is 7.67. The van der Waals surface area contributed by atoms with E-state index < -0.39 is 29.3 Å². The van der Waals surface area contributed by atoms with E-state index in [0.29, 0.717) is 54.9 Å². The van der Waals surface area contributed by atoms with Crippen LogP contribution in [0.4, 0.5) is 13.2 Å². The molecule has 1 atom stereocenters. The van der Waals surface area contributed by atoms with Gasteiger partial charge in [-0.3, -0.25) is 24.6 Å². The third-order valence-electron chi connectivity index (χ3n) is 7.74. The smallest absolute Gasteiger partial charge is 0.416 e. The molecule has 8 nitrogen and oxygen atoms in total. The summed E-state index contributed by atoms with van der Waals surface area (Å²) in [5, 5.41) is 13.9. The van der Waals surface area contributed by atoms with Crippen LogP contribution in [0.3, 0.4) is 0 Å².